The quantitative estimate of drug-likeness (QED) is 0.852. The van der Waals surface area contributed by atoms with Crippen molar-refractivity contribution >= 4 is 11.8 Å². The van der Waals surface area contributed by atoms with Crippen molar-refractivity contribution in [2.45, 2.75) is 31.7 Å². The Hall–Kier alpha value is -2.54. The zero-order chi connectivity index (χ0) is 18.1. The highest BCUT2D eigenvalue weighted by Crippen LogP contribution is 2.31. The van der Waals surface area contributed by atoms with Gasteiger partial charge in [0.15, 0.2) is 11.5 Å². The molecule has 6 nitrogen and oxygen atoms in total. The lowest BCUT2D eigenvalue weighted by Crippen LogP contribution is -2.46. The Balaban J connectivity index is 1.55. The highest BCUT2D eigenvalue weighted by Gasteiger charge is 2.41. The van der Waals surface area contributed by atoms with Gasteiger partial charge in [0.25, 0.3) is 5.91 Å². The largest absolute Gasteiger partial charge is 0.355 e. The molecule has 2 heterocycles. The number of nitrogens with one attached hydrogen (secondary N) is 1. The van der Waals surface area contributed by atoms with E-state index in [-0.39, 0.29) is 29.4 Å². The summed E-state index contributed by atoms with van der Waals surface area (Å²) in [5.74, 6) is -0.694. The fourth-order valence-electron chi connectivity index (χ4n) is 3.29. The van der Waals surface area contributed by atoms with Crippen LogP contribution in [0.1, 0.15) is 36.2 Å². The van der Waals surface area contributed by atoms with E-state index in [2.05, 4.69) is 10.5 Å². The van der Waals surface area contributed by atoms with E-state index in [0.29, 0.717) is 17.9 Å². The van der Waals surface area contributed by atoms with Gasteiger partial charge < -0.3 is 9.84 Å². The number of carbonyl (C=O) groups is 2. The Labute approximate surface area is 150 Å². The van der Waals surface area contributed by atoms with Crippen LogP contribution >= 0.6 is 0 Å². The van der Waals surface area contributed by atoms with Crippen molar-refractivity contribution in [1.82, 2.24) is 15.4 Å². The molecule has 136 valence electrons. The molecule has 1 aromatic heterocycles. The van der Waals surface area contributed by atoms with Gasteiger partial charge >= 0.3 is 0 Å². The molecule has 2 aliphatic rings. The maximum absolute atomic E-state index is 13.1. The molecule has 2 aromatic rings. The second kappa shape index (κ2) is 6.99. The van der Waals surface area contributed by atoms with Crippen molar-refractivity contribution in [3.63, 3.8) is 0 Å². The van der Waals surface area contributed by atoms with Crippen molar-refractivity contribution in [2.75, 3.05) is 13.1 Å². The van der Waals surface area contributed by atoms with Gasteiger partial charge in [0.05, 0.1) is 5.92 Å². The van der Waals surface area contributed by atoms with Gasteiger partial charge in [-0.1, -0.05) is 5.16 Å². The lowest BCUT2D eigenvalue weighted by atomic mass is 9.98. The van der Waals surface area contributed by atoms with E-state index < -0.39 is 5.91 Å². The first-order valence-electron chi connectivity index (χ1n) is 8.94. The summed E-state index contributed by atoms with van der Waals surface area (Å²) in [4.78, 5) is 27.2. The fourth-order valence-corrected chi connectivity index (χ4v) is 3.29. The van der Waals surface area contributed by atoms with Crippen molar-refractivity contribution < 1.29 is 18.5 Å². The van der Waals surface area contributed by atoms with Gasteiger partial charge in [-0.25, -0.2) is 4.39 Å². The van der Waals surface area contributed by atoms with Crippen molar-refractivity contribution in [2.24, 2.45) is 5.92 Å². The van der Waals surface area contributed by atoms with Crippen LogP contribution in [-0.4, -0.2) is 41.0 Å². The zero-order valence-electron chi connectivity index (χ0n) is 14.3. The molecular formula is C19H20FN3O3. The minimum atomic E-state index is -0.416. The van der Waals surface area contributed by atoms with Gasteiger partial charge in [-0.2, -0.15) is 0 Å². The average Bonchev–Trinajstić information content (AvgIpc) is 3.37. The molecule has 4 rings (SSSR count). The number of benzene rings is 1. The number of carbonyl (C=O) groups excluding carboxylic acids is 2. The molecule has 7 heteroatoms. The molecule has 0 bridgehead atoms. The van der Waals surface area contributed by atoms with E-state index in [9.17, 15) is 14.0 Å². The number of halogens is 1. The summed E-state index contributed by atoms with van der Waals surface area (Å²) in [5, 5.41) is 7.06. The predicted octanol–water partition coefficient (Wildman–Crippen LogP) is 2.61. The molecule has 1 unspecified atom stereocenters. The minimum Gasteiger partial charge on any atom is -0.355 e. The highest BCUT2D eigenvalue weighted by atomic mass is 19.1. The van der Waals surface area contributed by atoms with Crippen LogP contribution < -0.4 is 5.32 Å². The number of piperidine rings is 1. The van der Waals surface area contributed by atoms with Gasteiger partial charge in [0, 0.05) is 24.2 Å². The van der Waals surface area contributed by atoms with Crippen molar-refractivity contribution in [3.05, 3.63) is 41.8 Å². The fraction of sp³-hybridized carbons (Fsp3) is 0.421. The molecule has 2 fully saturated rings. The number of hydrogen-bond acceptors (Lipinski definition) is 5. The molecular weight excluding hydrogens is 337 g/mol. The number of nitrogens with zero attached hydrogens (tertiary/aromatic N) is 2. The van der Waals surface area contributed by atoms with E-state index in [1.807, 2.05) is 0 Å². The molecule has 1 aliphatic carbocycles. The standard InChI is InChI=1S/C19H20FN3O3/c20-14-5-3-12(4-6-14)17-10-16(22-26-17)19(25)23(15-7-8-15)18(24)13-2-1-9-21-11-13/h3-6,10,13,15,21H,1-2,7-9,11H2. The molecule has 0 spiro atoms. The molecule has 1 aliphatic heterocycles. The Morgan fingerprint density at radius 2 is 1.96 bits per heavy atom. The summed E-state index contributed by atoms with van der Waals surface area (Å²) < 4.78 is 18.3. The first-order chi connectivity index (χ1) is 12.6. The van der Waals surface area contributed by atoms with Gasteiger partial charge in [0.2, 0.25) is 5.91 Å². The summed E-state index contributed by atoms with van der Waals surface area (Å²) in [5.41, 5.74) is 0.729. The first-order valence-corrected chi connectivity index (χ1v) is 8.94. The van der Waals surface area contributed by atoms with E-state index in [1.54, 1.807) is 12.1 Å². The van der Waals surface area contributed by atoms with Gasteiger partial charge in [-0.3, -0.25) is 14.5 Å². The molecule has 0 radical (unpaired) electrons. The van der Waals surface area contributed by atoms with Crippen LogP contribution in [0.3, 0.4) is 0 Å². The highest BCUT2D eigenvalue weighted by molar-refractivity contribution is 6.05. The number of rotatable bonds is 4. The summed E-state index contributed by atoms with van der Waals surface area (Å²) >= 11 is 0. The zero-order valence-corrected chi connectivity index (χ0v) is 14.3. The van der Waals surface area contributed by atoms with E-state index in [4.69, 9.17) is 4.52 Å². The number of hydrogen-bond donors (Lipinski definition) is 1. The first kappa shape index (κ1) is 16.9. The molecule has 1 atom stereocenters. The lowest BCUT2D eigenvalue weighted by molar-refractivity contribution is -0.133. The molecule has 1 N–H and O–H groups in total. The summed E-state index contributed by atoms with van der Waals surface area (Å²) in [6.07, 6.45) is 3.39. The van der Waals surface area contributed by atoms with Crippen molar-refractivity contribution in [3.8, 4) is 11.3 Å². The molecule has 1 saturated carbocycles. The summed E-state index contributed by atoms with van der Waals surface area (Å²) in [7, 11) is 0. The number of aromatic nitrogens is 1. The van der Waals surface area contributed by atoms with Crippen LogP contribution in [0, 0.1) is 11.7 Å². The molecule has 1 aromatic carbocycles. The van der Waals surface area contributed by atoms with E-state index in [1.165, 1.54) is 23.1 Å². The predicted molar refractivity (Wildman–Crippen MR) is 91.7 cm³/mol. The smallest absolute Gasteiger partial charge is 0.282 e. The maximum atomic E-state index is 13.1. The van der Waals surface area contributed by atoms with Crippen LogP contribution in [0.15, 0.2) is 34.9 Å². The number of amides is 2. The van der Waals surface area contributed by atoms with E-state index in [0.717, 1.165) is 32.2 Å². The third-order valence-corrected chi connectivity index (χ3v) is 4.87. The Bertz CT molecular complexity index is 808. The molecule has 2 amide bonds. The minimum absolute atomic E-state index is 0.0390. The Kier molecular flexibility index (Phi) is 4.55. The van der Waals surface area contributed by atoms with Crippen LogP contribution in [0.4, 0.5) is 4.39 Å². The third kappa shape index (κ3) is 3.39. The van der Waals surface area contributed by atoms with Gasteiger partial charge in [-0.05, 0) is 56.5 Å². The number of imide groups is 1. The second-order valence-electron chi connectivity index (χ2n) is 6.87. The van der Waals surface area contributed by atoms with Gasteiger partial charge in [0.1, 0.15) is 5.82 Å². The Morgan fingerprint density at radius 3 is 2.62 bits per heavy atom. The van der Waals surface area contributed by atoms with Crippen molar-refractivity contribution in [1.29, 1.82) is 0 Å². The van der Waals surface area contributed by atoms with Crippen LogP contribution in [0.5, 0.6) is 0 Å². The second-order valence-corrected chi connectivity index (χ2v) is 6.87. The molecule has 26 heavy (non-hydrogen) atoms. The topological polar surface area (TPSA) is 75.4 Å². The van der Waals surface area contributed by atoms with Crippen LogP contribution in [0.2, 0.25) is 0 Å². The van der Waals surface area contributed by atoms with Crippen LogP contribution in [0.25, 0.3) is 11.3 Å². The normalized spacial score (nSPS) is 20.0. The average molecular weight is 357 g/mol. The monoisotopic (exact) mass is 357 g/mol. The summed E-state index contributed by atoms with van der Waals surface area (Å²) in [6.45, 7) is 1.51. The molecule has 1 saturated heterocycles. The maximum Gasteiger partial charge on any atom is 0.282 e. The SMILES string of the molecule is O=C(c1cc(-c2ccc(F)cc2)on1)N(C(=O)C1CCCNC1)C1CC1. The van der Waals surface area contributed by atoms with Crippen LogP contribution in [-0.2, 0) is 4.79 Å². The Morgan fingerprint density at radius 1 is 1.19 bits per heavy atom. The van der Waals surface area contributed by atoms with E-state index >= 15 is 0 Å². The third-order valence-electron chi connectivity index (χ3n) is 4.87. The lowest BCUT2D eigenvalue weighted by Gasteiger charge is -2.28. The van der Waals surface area contributed by atoms with Gasteiger partial charge in [-0.15, -0.1) is 0 Å². The summed E-state index contributed by atoms with van der Waals surface area (Å²) in [6, 6.07) is 7.22.